The molecule has 2 aromatic carbocycles. The number of nitrogens with zero attached hydrogens (tertiary/aromatic N) is 2. The first-order valence-corrected chi connectivity index (χ1v) is 7.92. The molecule has 0 fully saturated rings. The summed E-state index contributed by atoms with van der Waals surface area (Å²) in [6.45, 7) is 0.603. The monoisotopic (exact) mass is 338 g/mol. The molecule has 2 N–H and O–H groups in total. The maximum atomic E-state index is 6.10. The Labute approximate surface area is 143 Å². The summed E-state index contributed by atoms with van der Waals surface area (Å²) in [6, 6.07) is 13.6. The molecule has 0 spiro atoms. The van der Waals surface area contributed by atoms with Crippen molar-refractivity contribution in [2.75, 3.05) is 12.4 Å². The lowest BCUT2D eigenvalue weighted by Crippen LogP contribution is -2.04. The molecule has 0 saturated heterocycles. The zero-order valence-electron chi connectivity index (χ0n) is 13.0. The van der Waals surface area contributed by atoms with Crippen molar-refractivity contribution < 1.29 is 4.74 Å². The Kier molecular flexibility index (Phi) is 3.70. The smallest absolute Gasteiger partial charge is 0.154 e. The van der Waals surface area contributed by atoms with Gasteiger partial charge in [-0.1, -0.05) is 29.8 Å². The van der Waals surface area contributed by atoms with E-state index in [1.165, 1.54) is 0 Å². The fourth-order valence-electron chi connectivity index (χ4n) is 2.83. The van der Waals surface area contributed by atoms with Gasteiger partial charge in [0, 0.05) is 28.0 Å². The van der Waals surface area contributed by atoms with E-state index in [1.54, 1.807) is 13.4 Å². The summed E-state index contributed by atoms with van der Waals surface area (Å²) in [6.07, 6.45) is 1.56. The van der Waals surface area contributed by atoms with Crippen LogP contribution in [0.1, 0.15) is 5.56 Å². The van der Waals surface area contributed by atoms with Crippen molar-refractivity contribution in [3.63, 3.8) is 0 Å². The van der Waals surface area contributed by atoms with Gasteiger partial charge >= 0.3 is 0 Å². The highest BCUT2D eigenvalue weighted by Crippen LogP contribution is 2.29. The maximum absolute atomic E-state index is 6.10. The van der Waals surface area contributed by atoms with Gasteiger partial charge in [0.15, 0.2) is 5.82 Å². The molecule has 0 radical (unpaired) electrons. The third-order valence-electron chi connectivity index (χ3n) is 3.98. The van der Waals surface area contributed by atoms with Crippen molar-refractivity contribution in [1.82, 2.24) is 15.0 Å². The van der Waals surface area contributed by atoms with Crippen LogP contribution in [0, 0.1) is 0 Å². The largest absolute Gasteiger partial charge is 0.496 e. The third kappa shape index (κ3) is 2.53. The molecule has 0 atom stereocenters. The number of aromatic nitrogens is 3. The van der Waals surface area contributed by atoms with Crippen LogP contribution in [0.5, 0.6) is 5.75 Å². The van der Waals surface area contributed by atoms with Crippen LogP contribution < -0.4 is 10.1 Å². The van der Waals surface area contributed by atoms with Crippen molar-refractivity contribution in [3.05, 3.63) is 59.4 Å². The van der Waals surface area contributed by atoms with E-state index in [0.29, 0.717) is 11.6 Å². The minimum atomic E-state index is 0.603. The van der Waals surface area contributed by atoms with E-state index in [1.807, 2.05) is 42.5 Å². The van der Waals surface area contributed by atoms with Crippen LogP contribution in [0.4, 0.5) is 5.82 Å². The molecule has 2 aromatic heterocycles. The lowest BCUT2D eigenvalue weighted by atomic mass is 10.2. The van der Waals surface area contributed by atoms with Gasteiger partial charge in [-0.05, 0) is 24.3 Å². The van der Waals surface area contributed by atoms with Gasteiger partial charge in [0.1, 0.15) is 23.1 Å². The van der Waals surface area contributed by atoms with Gasteiger partial charge in [0.05, 0.1) is 7.11 Å². The number of ether oxygens (including phenoxy) is 1. The highest BCUT2D eigenvalue weighted by atomic mass is 35.5. The van der Waals surface area contributed by atoms with E-state index in [9.17, 15) is 0 Å². The summed E-state index contributed by atoms with van der Waals surface area (Å²) < 4.78 is 5.39. The number of halogens is 1. The first kappa shape index (κ1) is 14.8. The van der Waals surface area contributed by atoms with E-state index >= 15 is 0 Å². The van der Waals surface area contributed by atoms with E-state index in [0.717, 1.165) is 39.1 Å². The minimum absolute atomic E-state index is 0.603. The lowest BCUT2D eigenvalue weighted by molar-refractivity contribution is 0.410. The van der Waals surface area contributed by atoms with Crippen molar-refractivity contribution >= 4 is 39.4 Å². The Morgan fingerprint density at radius 2 is 2.04 bits per heavy atom. The van der Waals surface area contributed by atoms with E-state index in [2.05, 4.69) is 20.3 Å². The minimum Gasteiger partial charge on any atom is -0.496 e. The number of benzene rings is 2. The summed E-state index contributed by atoms with van der Waals surface area (Å²) >= 11 is 6.10. The number of para-hydroxylation sites is 1. The standard InChI is InChI=1S/C18H15ClN4O/c1-24-15-5-3-2-4-11(15)9-20-18-17-16(21-10-22-18)13-8-12(19)6-7-14(13)23-17/h2-8,10,23H,9H2,1H3,(H,20,21,22). The summed E-state index contributed by atoms with van der Waals surface area (Å²) in [5.41, 5.74) is 3.76. The van der Waals surface area contributed by atoms with Crippen molar-refractivity contribution in [2.24, 2.45) is 0 Å². The van der Waals surface area contributed by atoms with Crippen LogP contribution in [-0.2, 0) is 6.54 Å². The highest BCUT2D eigenvalue weighted by Gasteiger charge is 2.11. The van der Waals surface area contributed by atoms with Crippen molar-refractivity contribution in [3.8, 4) is 5.75 Å². The number of hydrogen-bond donors (Lipinski definition) is 2. The third-order valence-corrected chi connectivity index (χ3v) is 4.22. The molecule has 0 saturated carbocycles. The van der Waals surface area contributed by atoms with Crippen LogP contribution in [0.25, 0.3) is 21.9 Å². The molecule has 0 aliphatic carbocycles. The first-order chi connectivity index (χ1) is 11.8. The van der Waals surface area contributed by atoms with Gasteiger partial charge in [-0.3, -0.25) is 0 Å². The topological polar surface area (TPSA) is 62.8 Å². The zero-order chi connectivity index (χ0) is 16.5. The van der Waals surface area contributed by atoms with Crippen LogP contribution in [0.15, 0.2) is 48.8 Å². The zero-order valence-corrected chi connectivity index (χ0v) is 13.8. The highest BCUT2D eigenvalue weighted by molar-refractivity contribution is 6.31. The maximum Gasteiger partial charge on any atom is 0.154 e. The Morgan fingerprint density at radius 3 is 2.92 bits per heavy atom. The van der Waals surface area contributed by atoms with Gasteiger partial charge < -0.3 is 15.0 Å². The van der Waals surface area contributed by atoms with Crippen LogP contribution >= 0.6 is 11.6 Å². The molecule has 2 heterocycles. The average molecular weight is 339 g/mol. The Balaban J connectivity index is 1.73. The number of H-pyrrole nitrogens is 1. The van der Waals surface area contributed by atoms with E-state index in [4.69, 9.17) is 16.3 Å². The number of hydrogen-bond acceptors (Lipinski definition) is 4. The molecule has 4 rings (SSSR count). The Hall–Kier alpha value is -2.79. The second kappa shape index (κ2) is 6.02. The van der Waals surface area contributed by atoms with E-state index < -0.39 is 0 Å². The van der Waals surface area contributed by atoms with E-state index in [-0.39, 0.29) is 0 Å². The quantitative estimate of drug-likeness (QED) is 0.579. The second-order valence-corrected chi connectivity index (χ2v) is 5.86. The lowest BCUT2D eigenvalue weighted by Gasteiger charge is -2.10. The molecule has 0 aliphatic rings. The fraction of sp³-hybridized carbons (Fsp3) is 0.111. The molecule has 0 unspecified atom stereocenters. The molecule has 120 valence electrons. The number of fused-ring (bicyclic) bond motifs is 3. The molecule has 5 nitrogen and oxygen atoms in total. The second-order valence-electron chi connectivity index (χ2n) is 5.43. The summed E-state index contributed by atoms with van der Waals surface area (Å²) in [5, 5.41) is 5.03. The van der Waals surface area contributed by atoms with Gasteiger partial charge in [-0.25, -0.2) is 9.97 Å². The average Bonchev–Trinajstić information content (AvgIpc) is 2.98. The van der Waals surface area contributed by atoms with Crippen molar-refractivity contribution in [1.29, 1.82) is 0 Å². The molecular weight excluding hydrogens is 324 g/mol. The molecule has 0 aliphatic heterocycles. The first-order valence-electron chi connectivity index (χ1n) is 7.54. The van der Waals surface area contributed by atoms with Crippen LogP contribution in [-0.4, -0.2) is 22.1 Å². The number of rotatable bonds is 4. The molecule has 4 aromatic rings. The van der Waals surface area contributed by atoms with Gasteiger partial charge in [0.2, 0.25) is 0 Å². The number of nitrogens with one attached hydrogen (secondary N) is 2. The van der Waals surface area contributed by atoms with Crippen molar-refractivity contribution in [2.45, 2.75) is 6.54 Å². The Bertz CT molecular complexity index is 1030. The Morgan fingerprint density at radius 1 is 1.17 bits per heavy atom. The SMILES string of the molecule is COc1ccccc1CNc1ncnc2c1[nH]c1ccc(Cl)cc12. The summed E-state index contributed by atoms with van der Waals surface area (Å²) in [5.74, 6) is 1.59. The summed E-state index contributed by atoms with van der Waals surface area (Å²) in [7, 11) is 1.67. The molecule has 6 heteroatoms. The molecule has 0 amide bonds. The molecular formula is C18H15ClN4O. The number of aromatic amines is 1. The van der Waals surface area contributed by atoms with Crippen LogP contribution in [0.2, 0.25) is 5.02 Å². The molecule has 0 bridgehead atoms. The van der Waals surface area contributed by atoms with Gasteiger partial charge in [0.25, 0.3) is 0 Å². The number of methoxy groups -OCH3 is 1. The van der Waals surface area contributed by atoms with Crippen LogP contribution in [0.3, 0.4) is 0 Å². The normalized spacial score (nSPS) is 11.1. The molecule has 24 heavy (non-hydrogen) atoms. The predicted octanol–water partition coefficient (Wildman–Crippen LogP) is 4.39. The fourth-order valence-corrected chi connectivity index (χ4v) is 3.00. The number of anilines is 1. The van der Waals surface area contributed by atoms with Gasteiger partial charge in [-0.15, -0.1) is 0 Å². The summed E-state index contributed by atoms with van der Waals surface area (Å²) in [4.78, 5) is 12.1. The predicted molar refractivity (Wildman–Crippen MR) is 96.7 cm³/mol. The van der Waals surface area contributed by atoms with Gasteiger partial charge in [-0.2, -0.15) is 0 Å².